The van der Waals surface area contributed by atoms with Crippen molar-refractivity contribution in [2.24, 2.45) is 0 Å². The average Bonchev–Trinajstić information content (AvgIpc) is 2.71. The first kappa shape index (κ1) is 14.8. The number of hydroxylamine groups is 2. The van der Waals surface area contributed by atoms with Gasteiger partial charge in [0.25, 0.3) is 5.91 Å². The molecule has 7 heteroatoms. The molecule has 1 amide bonds. The molecule has 1 unspecified atom stereocenters. The molecule has 0 bridgehead atoms. The van der Waals surface area contributed by atoms with Crippen LogP contribution in [0.25, 0.3) is 0 Å². The van der Waals surface area contributed by atoms with E-state index in [4.69, 9.17) is 4.84 Å². The molecule has 1 heterocycles. The smallest absolute Gasteiger partial charge is 0.274 e. The molecular weight excluding hydrogens is 280 g/mol. The number of sulfonamides is 1. The summed E-state index contributed by atoms with van der Waals surface area (Å²) in [5.74, 6) is -0.263. The molecule has 1 aromatic rings. The normalized spacial score (nSPS) is 18.0. The predicted molar refractivity (Wildman–Crippen MR) is 76.0 cm³/mol. The van der Waals surface area contributed by atoms with E-state index in [9.17, 15) is 13.2 Å². The van der Waals surface area contributed by atoms with Gasteiger partial charge in [-0.3, -0.25) is 13.9 Å². The molecule has 0 aliphatic carbocycles. The van der Waals surface area contributed by atoms with Crippen LogP contribution in [-0.2, 0) is 21.3 Å². The first-order valence-corrected chi connectivity index (χ1v) is 8.05. The summed E-state index contributed by atoms with van der Waals surface area (Å²) in [6, 6.07) is 4.89. The summed E-state index contributed by atoms with van der Waals surface area (Å²) in [6.07, 6.45) is 1.79. The fourth-order valence-electron chi connectivity index (χ4n) is 2.51. The second kappa shape index (κ2) is 5.06. The number of carbonyl (C=O) groups excluding carboxylic acids is 1. The van der Waals surface area contributed by atoms with Crippen molar-refractivity contribution < 1.29 is 18.0 Å². The summed E-state index contributed by atoms with van der Waals surface area (Å²) in [6.45, 7) is 1.85. The highest BCUT2D eigenvalue weighted by Gasteiger charge is 2.32. The Balaban J connectivity index is 2.41. The quantitative estimate of drug-likeness (QED) is 0.782. The van der Waals surface area contributed by atoms with Gasteiger partial charge in [0.1, 0.15) is 0 Å². The van der Waals surface area contributed by atoms with Crippen molar-refractivity contribution in [1.29, 1.82) is 0 Å². The zero-order chi connectivity index (χ0) is 15.1. The summed E-state index contributed by atoms with van der Waals surface area (Å²) in [7, 11) is -0.362. The van der Waals surface area contributed by atoms with Crippen LogP contribution < -0.4 is 4.31 Å². The van der Waals surface area contributed by atoms with Crippen molar-refractivity contribution in [1.82, 2.24) is 5.06 Å². The Labute approximate surface area is 118 Å². The molecule has 1 atom stereocenters. The molecule has 110 valence electrons. The fourth-order valence-corrected chi connectivity index (χ4v) is 3.77. The molecule has 0 N–H and O–H groups in total. The zero-order valence-corrected chi connectivity index (χ0v) is 12.8. The van der Waals surface area contributed by atoms with Crippen LogP contribution in [0.3, 0.4) is 0 Å². The summed E-state index contributed by atoms with van der Waals surface area (Å²) in [5.41, 5.74) is 1.99. The first-order valence-electron chi connectivity index (χ1n) is 6.20. The molecule has 0 spiro atoms. The lowest BCUT2D eigenvalue weighted by molar-refractivity contribution is -0.0757. The van der Waals surface area contributed by atoms with Crippen molar-refractivity contribution in [2.75, 3.05) is 24.7 Å². The van der Waals surface area contributed by atoms with E-state index < -0.39 is 10.0 Å². The SMILES string of the molecule is CON(C)C(=O)c1ccc2c(c1)CC(C)N2S(C)(=O)=O. The monoisotopic (exact) mass is 298 g/mol. The minimum absolute atomic E-state index is 0.134. The summed E-state index contributed by atoms with van der Waals surface area (Å²) < 4.78 is 25.0. The van der Waals surface area contributed by atoms with E-state index in [0.29, 0.717) is 17.7 Å². The van der Waals surface area contributed by atoms with E-state index in [1.165, 1.54) is 24.7 Å². The number of hydrogen-bond donors (Lipinski definition) is 0. The number of nitrogens with zero attached hydrogens (tertiary/aromatic N) is 2. The highest BCUT2D eigenvalue weighted by atomic mass is 32.2. The molecular formula is C13H18N2O4S. The Morgan fingerprint density at radius 1 is 1.45 bits per heavy atom. The van der Waals surface area contributed by atoms with Crippen molar-refractivity contribution in [3.8, 4) is 0 Å². The number of benzene rings is 1. The van der Waals surface area contributed by atoms with E-state index in [2.05, 4.69) is 0 Å². The van der Waals surface area contributed by atoms with Crippen LogP contribution in [-0.4, -0.2) is 45.8 Å². The van der Waals surface area contributed by atoms with E-state index in [1.807, 2.05) is 6.92 Å². The van der Waals surface area contributed by atoms with Crippen molar-refractivity contribution in [2.45, 2.75) is 19.4 Å². The zero-order valence-electron chi connectivity index (χ0n) is 12.0. The molecule has 1 aliphatic rings. The largest absolute Gasteiger partial charge is 0.277 e. The summed E-state index contributed by atoms with van der Waals surface area (Å²) in [4.78, 5) is 16.9. The lowest BCUT2D eigenvalue weighted by Gasteiger charge is -2.22. The van der Waals surface area contributed by atoms with Gasteiger partial charge in [0.2, 0.25) is 10.0 Å². The topological polar surface area (TPSA) is 66.9 Å². The highest BCUT2D eigenvalue weighted by molar-refractivity contribution is 7.92. The summed E-state index contributed by atoms with van der Waals surface area (Å²) >= 11 is 0. The second-order valence-electron chi connectivity index (χ2n) is 4.94. The minimum Gasteiger partial charge on any atom is -0.274 e. The van der Waals surface area contributed by atoms with Gasteiger partial charge in [-0.15, -0.1) is 0 Å². The third-order valence-electron chi connectivity index (χ3n) is 3.40. The fraction of sp³-hybridized carbons (Fsp3) is 0.462. The lowest BCUT2D eigenvalue weighted by atomic mass is 10.1. The number of hydrogen-bond acceptors (Lipinski definition) is 4. The van der Waals surface area contributed by atoms with Crippen LogP contribution in [0.5, 0.6) is 0 Å². The average molecular weight is 298 g/mol. The molecule has 0 radical (unpaired) electrons. The lowest BCUT2D eigenvalue weighted by Crippen LogP contribution is -2.34. The number of rotatable bonds is 3. The molecule has 2 rings (SSSR count). The standard InChI is InChI=1S/C13H18N2O4S/c1-9-7-11-8-10(13(16)14(2)19-3)5-6-12(11)15(9)20(4,17)18/h5-6,8-9H,7H2,1-4H3. The van der Waals surface area contributed by atoms with Gasteiger partial charge < -0.3 is 0 Å². The van der Waals surface area contributed by atoms with E-state index in [-0.39, 0.29) is 11.9 Å². The first-order chi connectivity index (χ1) is 9.25. The van der Waals surface area contributed by atoms with Gasteiger partial charge in [-0.05, 0) is 37.1 Å². The Kier molecular flexibility index (Phi) is 3.75. The maximum Gasteiger partial charge on any atom is 0.277 e. The minimum atomic E-state index is -3.31. The molecule has 6 nitrogen and oxygen atoms in total. The number of amides is 1. The van der Waals surface area contributed by atoms with Crippen molar-refractivity contribution in [3.63, 3.8) is 0 Å². The maximum atomic E-state index is 12.0. The third-order valence-corrected chi connectivity index (χ3v) is 4.67. The van der Waals surface area contributed by atoms with Crippen LogP contribution in [0.4, 0.5) is 5.69 Å². The van der Waals surface area contributed by atoms with E-state index in [1.54, 1.807) is 18.2 Å². The van der Waals surface area contributed by atoms with Gasteiger partial charge in [-0.2, -0.15) is 0 Å². The summed E-state index contributed by atoms with van der Waals surface area (Å²) in [5, 5.41) is 1.13. The van der Waals surface area contributed by atoms with Crippen LogP contribution in [0.1, 0.15) is 22.8 Å². The maximum absolute atomic E-state index is 12.0. The Hall–Kier alpha value is -1.60. The Morgan fingerprint density at radius 3 is 2.65 bits per heavy atom. The van der Waals surface area contributed by atoms with E-state index >= 15 is 0 Å². The molecule has 20 heavy (non-hydrogen) atoms. The Morgan fingerprint density at radius 2 is 2.10 bits per heavy atom. The molecule has 0 saturated heterocycles. The molecule has 1 aromatic carbocycles. The number of fused-ring (bicyclic) bond motifs is 1. The van der Waals surface area contributed by atoms with Crippen LogP contribution in [0, 0.1) is 0 Å². The molecule has 0 fully saturated rings. The highest BCUT2D eigenvalue weighted by Crippen LogP contribution is 2.34. The Bertz CT molecular complexity index is 642. The number of anilines is 1. The predicted octanol–water partition coefficient (Wildman–Crippen LogP) is 1.03. The van der Waals surface area contributed by atoms with Gasteiger partial charge in [-0.1, -0.05) is 0 Å². The van der Waals surface area contributed by atoms with Gasteiger partial charge in [0.05, 0.1) is 19.1 Å². The van der Waals surface area contributed by atoms with Crippen LogP contribution >= 0.6 is 0 Å². The van der Waals surface area contributed by atoms with Gasteiger partial charge in [0, 0.05) is 18.7 Å². The van der Waals surface area contributed by atoms with Crippen molar-refractivity contribution >= 4 is 21.6 Å². The van der Waals surface area contributed by atoms with Gasteiger partial charge in [0.15, 0.2) is 0 Å². The molecule has 1 aliphatic heterocycles. The second-order valence-corrected chi connectivity index (χ2v) is 6.80. The van der Waals surface area contributed by atoms with E-state index in [0.717, 1.165) is 10.6 Å². The third kappa shape index (κ3) is 2.51. The van der Waals surface area contributed by atoms with Crippen LogP contribution in [0.15, 0.2) is 18.2 Å². The van der Waals surface area contributed by atoms with Gasteiger partial charge >= 0.3 is 0 Å². The molecule has 0 aromatic heterocycles. The molecule has 0 saturated carbocycles. The van der Waals surface area contributed by atoms with Gasteiger partial charge in [-0.25, -0.2) is 13.5 Å². The van der Waals surface area contributed by atoms with Crippen LogP contribution in [0.2, 0.25) is 0 Å². The number of carbonyl (C=O) groups is 1. The van der Waals surface area contributed by atoms with Crippen molar-refractivity contribution in [3.05, 3.63) is 29.3 Å².